The number of hydrogen-bond acceptors (Lipinski definition) is 3. The molecule has 0 aliphatic carbocycles. The van der Waals surface area contributed by atoms with Crippen molar-refractivity contribution in [3.63, 3.8) is 0 Å². The molecule has 4 heteroatoms. The summed E-state index contributed by atoms with van der Waals surface area (Å²) in [4.78, 5) is 9.56. The van der Waals surface area contributed by atoms with Gasteiger partial charge in [0.25, 0.3) is 0 Å². The van der Waals surface area contributed by atoms with Crippen LogP contribution in [0.1, 0.15) is 0 Å². The Labute approximate surface area is 165 Å². The lowest BCUT2D eigenvalue weighted by atomic mass is 10.1. The van der Waals surface area contributed by atoms with Gasteiger partial charge < -0.3 is 4.42 Å². The first kappa shape index (κ1) is 15.6. The standard InChI is InChI=1S/C24H13ClN2O/c25-24-22(27-21-15-7-2-1-6-14(15)12-13-19(21)26-24)18-10-5-9-17-16-8-3-4-11-20(16)28-23(17)18/h1-13H. The fraction of sp³-hybridized carbons (Fsp3) is 0. The summed E-state index contributed by atoms with van der Waals surface area (Å²) < 4.78 is 6.17. The van der Waals surface area contributed by atoms with Gasteiger partial charge in [-0.3, -0.25) is 0 Å². The first-order valence-electron chi connectivity index (χ1n) is 9.05. The second-order valence-corrected chi connectivity index (χ2v) is 7.16. The van der Waals surface area contributed by atoms with Crippen LogP contribution in [0.15, 0.2) is 83.3 Å². The molecule has 28 heavy (non-hydrogen) atoms. The number of aromatic nitrogens is 2. The van der Waals surface area contributed by atoms with E-state index in [0.717, 1.165) is 49.3 Å². The molecule has 0 spiro atoms. The Hall–Kier alpha value is -3.43. The minimum atomic E-state index is 0.371. The number of para-hydroxylation sites is 2. The molecule has 0 aliphatic rings. The summed E-state index contributed by atoms with van der Waals surface area (Å²) in [5, 5.41) is 4.68. The zero-order chi connectivity index (χ0) is 18.7. The second kappa shape index (κ2) is 5.78. The van der Waals surface area contributed by atoms with Crippen molar-refractivity contribution in [2.75, 3.05) is 0 Å². The Morgan fingerprint density at radius 2 is 1.46 bits per heavy atom. The SMILES string of the molecule is Clc1nc2ccc3ccccc3c2nc1-c1cccc2c1oc1ccccc12. The van der Waals surface area contributed by atoms with E-state index in [1.165, 1.54) is 0 Å². The topological polar surface area (TPSA) is 38.9 Å². The Morgan fingerprint density at radius 3 is 2.39 bits per heavy atom. The summed E-state index contributed by atoms with van der Waals surface area (Å²) in [5.74, 6) is 0. The normalized spacial score (nSPS) is 11.8. The quantitative estimate of drug-likeness (QED) is 0.288. The smallest absolute Gasteiger partial charge is 0.156 e. The number of benzene rings is 4. The molecule has 0 unspecified atom stereocenters. The van der Waals surface area contributed by atoms with E-state index in [2.05, 4.69) is 29.2 Å². The minimum absolute atomic E-state index is 0.371. The summed E-state index contributed by atoms with van der Waals surface area (Å²) in [6.45, 7) is 0. The molecular formula is C24H13ClN2O. The van der Waals surface area contributed by atoms with E-state index in [4.69, 9.17) is 21.0 Å². The lowest BCUT2D eigenvalue weighted by Gasteiger charge is -2.08. The Balaban J connectivity index is 1.72. The Kier molecular flexibility index (Phi) is 3.22. The number of halogens is 1. The molecule has 2 aromatic heterocycles. The third-order valence-corrected chi connectivity index (χ3v) is 5.44. The van der Waals surface area contributed by atoms with Crippen molar-refractivity contribution in [2.24, 2.45) is 0 Å². The van der Waals surface area contributed by atoms with Crippen LogP contribution in [-0.2, 0) is 0 Å². The van der Waals surface area contributed by atoms with Crippen LogP contribution in [0, 0.1) is 0 Å². The Morgan fingerprint density at radius 1 is 0.679 bits per heavy atom. The molecule has 4 aromatic carbocycles. The first-order chi connectivity index (χ1) is 13.8. The molecule has 2 heterocycles. The summed E-state index contributed by atoms with van der Waals surface area (Å²) in [5.41, 5.74) is 4.73. The second-order valence-electron chi connectivity index (χ2n) is 6.80. The number of furan rings is 1. The van der Waals surface area contributed by atoms with E-state index < -0.39 is 0 Å². The highest BCUT2D eigenvalue weighted by Gasteiger charge is 2.17. The average molecular weight is 381 g/mol. The van der Waals surface area contributed by atoms with E-state index >= 15 is 0 Å². The number of nitrogens with zero attached hydrogens (tertiary/aromatic N) is 2. The molecule has 0 bridgehead atoms. The molecule has 6 rings (SSSR count). The Bertz CT molecular complexity index is 1530. The maximum atomic E-state index is 6.57. The zero-order valence-corrected chi connectivity index (χ0v) is 15.4. The molecule has 3 nitrogen and oxygen atoms in total. The van der Waals surface area contributed by atoms with Gasteiger partial charge in [0.05, 0.1) is 11.0 Å². The molecule has 0 atom stereocenters. The van der Waals surface area contributed by atoms with Crippen LogP contribution in [0.2, 0.25) is 5.15 Å². The summed E-state index contributed by atoms with van der Waals surface area (Å²) >= 11 is 6.57. The molecule has 0 fully saturated rings. The third kappa shape index (κ3) is 2.17. The van der Waals surface area contributed by atoms with Crippen molar-refractivity contribution in [3.8, 4) is 11.3 Å². The maximum absolute atomic E-state index is 6.57. The van der Waals surface area contributed by atoms with E-state index in [1.54, 1.807) is 0 Å². The van der Waals surface area contributed by atoms with Crippen LogP contribution in [0.5, 0.6) is 0 Å². The molecule has 0 aliphatic heterocycles. The van der Waals surface area contributed by atoms with Crippen LogP contribution < -0.4 is 0 Å². The summed E-state index contributed by atoms with van der Waals surface area (Å²) in [6, 6.07) is 26.2. The van der Waals surface area contributed by atoms with E-state index in [1.807, 2.05) is 54.6 Å². The van der Waals surface area contributed by atoms with Crippen molar-refractivity contribution in [1.29, 1.82) is 0 Å². The van der Waals surface area contributed by atoms with Gasteiger partial charge in [0.15, 0.2) is 5.15 Å². The van der Waals surface area contributed by atoms with Crippen LogP contribution in [0.3, 0.4) is 0 Å². The molecule has 0 saturated carbocycles. The van der Waals surface area contributed by atoms with Crippen molar-refractivity contribution >= 4 is 55.3 Å². The van der Waals surface area contributed by atoms with Gasteiger partial charge in [-0.25, -0.2) is 9.97 Å². The van der Waals surface area contributed by atoms with Crippen molar-refractivity contribution in [1.82, 2.24) is 9.97 Å². The largest absolute Gasteiger partial charge is 0.455 e. The lowest BCUT2D eigenvalue weighted by molar-refractivity contribution is 0.670. The van der Waals surface area contributed by atoms with Crippen molar-refractivity contribution in [2.45, 2.75) is 0 Å². The lowest BCUT2D eigenvalue weighted by Crippen LogP contribution is -1.93. The van der Waals surface area contributed by atoms with Crippen LogP contribution >= 0.6 is 11.6 Å². The fourth-order valence-corrected chi connectivity index (χ4v) is 4.11. The monoisotopic (exact) mass is 380 g/mol. The highest BCUT2D eigenvalue weighted by Crippen LogP contribution is 2.38. The third-order valence-electron chi connectivity index (χ3n) is 5.18. The average Bonchev–Trinajstić information content (AvgIpc) is 3.12. The minimum Gasteiger partial charge on any atom is -0.455 e. The predicted octanol–water partition coefficient (Wildman–Crippen LogP) is 7.00. The number of hydrogen-bond donors (Lipinski definition) is 0. The van der Waals surface area contributed by atoms with Gasteiger partial charge >= 0.3 is 0 Å². The van der Waals surface area contributed by atoms with E-state index in [-0.39, 0.29) is 0 Å². The van der Waals surface area contributed by atoms with Gasteiger partial charge in [-0.1, -0.05) is 72.3 Å². The van der Waals surface area contributed by atoms with Crippen LogP contribution in [0.25, 0.3) is 55.0 Å². The predicted molar refractivity (Wildman–Crippen MR) is 115 cm³/mol. The molecule has 0 amide bonds. The zero-order valence-electron chi connectivity index (χ0n) is 14.7. The number of rotatable bonds is 1. The van der Waals surface area contributed by atoms with Crippen LogP contribution in [-0.4, -0.2) is 9.97 Å². The molecular weight excluding hydrogens is 368 g/mol. The van der Waals surface area contributed by atoms with E-state index in [9.17, 15) is 0 Å². The molecule has 0 radical (unpaired) electrons. The maximum Gasteiger partial charge on any atom is 0.156 e. The molecule has 132 valence electrons. The van der Waals surface area contributed by atoms with Gasteiger partial charge in [0.2, 0.25) is 0 Å². The fourth-order valence-electron chi connectivity index (χ4n) is 3.87. The van der Waals surface area contributed by atoms with Gasteiger partial charge in [-0.15, -0.1) is 0 Å². The number of fused-ring (bicyclic) bond motifs is 6. The highest BCUT2D eigenvalue weighted by atomic mass is 35.5. The van der Waals surface area contributed by atoms with E-state index in [0.29, 0.717) is 10.8 Å². The van der Waals surface area contributed by atoms with Gasteiger partial charge in [-0.05, 0) is 23.6 Å². The van der Waals surface area contributed by atoms with Gasteiger partial charge in [0.1, 0.15) is 16.9 Å². The van der Waals surface area contributed by atoms with Crippen LogP contribution in [0.4, 0.5) is 0 Å². The van der Waals surface area contributed by atoms with Crippen molar-refractivity contribution in [3.05, 3.63) is 84.0 Å². The van der Waals surface area contributed by atoms with Gasteiger partial charge in [-0.2, -0.15) is 0 Å². The molecule has 0 N–H and O–H groups in total. The molecule has 6 aromatic rings. The first-order valence-corrected chi connectivity index (χ1v) is 9.43. The highest BCUT2D eigenvalue weighted by molar-refractivity contribution is 6.33. The molecule has 0 saturated heterocycles. The summed E-state index contributed by atoms with van der Waals surface area (Å²) in [7, 11) is 0. The van der Waals surface area contributed by atoms with Gasteiger partial charge in [0, 0.05) is 21.7 Å². The summed E-state index contributed by atoms with van der Waals surface area (Å²) in [6.07, 6.45) is 0. The van der Waals surface area contributed by atoms with Crippen molar-refractivity contribution < 1.29 is 4.42 Å².